The lowest BCUT2D eigenvalue weighted by molar-refractivity contribution is -0.376. The first-order chi connectivity index (χ1) is 8.45. The standard InChI is InChI=1S/C11H8F6O2/c1-2-6-3-4-7(8(18)5-6)9(19,10(12,13)14)11(15,16)17/h2-5,18-19H,1H2. The maximum atomic E-state index is 12.5. The minimum Gasteiger partial charge on any atom is -0.508 e. The Labute approximate surface area is 103 Å². The number of phenols is 1. The van der Waals surface area contributed by atoms with E-state index >= 15 is 0 Å². The number of alkyl halides is 6. The SMILES string of the molecule is C=Cc1ccc(C(O)(C(F)(F)F)C(F)(F)F)c(O)c1. The Balaban J connectivity index is 3.57. The summed E-state index contributed by atoms with van der Waals surface area (Å²) in [4.78, 5) is 0. The van der Waals surface area contributed by atoms with Gasteiger partial charge in [-0.1, -0.05) is 24.8 Å². The van der Waals surface area contributed by atoms with Crippen LogP contribution in [-0.2, 0) is 5.60 Å². The van der Waals surface area contributed by atoms with Crippen LogP contribution in [0.5, 0.6) is 5.75 Å². The van der Waals surface area contributed by atoms with E-state index < -0.39 is 29.3 Å². The first kappa shape index (κ1) is 15.4. The number of aliphatic hydroxyl groups is 1. The van der Waals surface area contributed by atoms with Gasteiger partial charge in [0.2, 0.25) is 0 Å². The molecule has 0 aliphatic carbocycles. The third-order valence-corrected chi connectivity index (χ3v) is 2.47. The lowest BCUT2D eigenvalue weighted by atomic mass is 9.90. The van der Waals surface area contributed by atoms with Crippen LogP contribution in [-0.4, -0.2) is 22.6 Å². The lowest BCUT2D eigenvalue weighted by Crippen LogP contribution is -2.53. The largest absolute Gasteiger partial charge is 0.508 e. The maximum absolute atomic E-state index is 12.5. The molecule has 0 saturated carbocycles. The van der Waals surface area contributed by atoms with Crippen molar-refractivity contribution in [1.29, 1.82) is 0 Å². The molecule has 8 heteroatoms. The van der Waals surface area contributed by atoms with Gasteiger partial charge in [-0.05, 0) is 11.6 Å². The highest BCUT2D eigenvalue weighted by atomic mass is 19.4. The zero-order valence-corrected chi connectivity index (χ0v) is 9.18. The monoisotopic (exact) mass is 286 g/mol. The van der Waals surface area contributed by atoms with E-state index in [1.165, 1.54) is 0 Å². The van der Waals surface area contributed by atoms with Crippen LogP contribution in [0.25, 0.3) is 6.08 Å². The summed E-state index contributed by atoms with van der Waals surface area (Å²) in [6, 6.07) is 1.86. The van der Waals surface area contributed by atoms with E-state index in [1.807, 2.05) is 0 Å². The molecule has 0 heterocycles. The molecule has 1 aromatic carbocycles. The van der Waals surface area contributed by atoms with Crippen LogP contribution in [0.3, 0.4) is 0 Å². The summed E-state index contributed by atoms with van der Waals surface area (Å²) in [6.07, 6.45) is -10.9. The Morgan fingerprint density at radius 3 is 1.79 bits per heavy atom. The number of hydrogen-bond donors (Lipinski definition) is 2. The van der Waals surface area contributed by atoms with Crippen molar-refractivity contribution < 1.29 is 36.6 Å². The second kappa shape index (κ2) is 4.44. The van der Waals surface area contributed by atoms with Gasteiger partial charge in [-0.25, -0.2) is 0 Å². The summed E-state index contributed by atoms with van der Waals surface area (Å²) in [5.74, 6) is -1.32. The van der Waals surface area contributed by atoms with Crippen LogP contribution in [0.1, 0.15) is 11.1 Å². The number of aromatic hydroxyl groups is 1. The average molecular weight is 286 g/mol. The molecule has 19 heavy (non-hydrogen) atoms. The zero-order valence-electron chi connectivity index (χ0n) is 9.18. The molecule has 106 valence electrons. The zero-order chi connectivity index (χ0) is 15.1. The summed E-state index contributed by atoms with van der Waals surface area (Å²) in [5.41, 5.74) is -6.71. The van der Waals surface area contributed by atoms with Gasteiger partial charge in [0.15, 0.2) is 0 Å². The number of hydrogen-bond acceptors (Lipinski definition) is 2. The minimum absolute atomic E-state index is 0.105. The van der Waals surface area contributed by atoms with Crippen molar-refractivity contribution in [2.75, 3.05) is 0 Å². The Morgan fingerprint density at radius 2 is 1.47 bits per heavy atom. The first-order valence-corrected chi connectivity index (χ1v) is 4.77. The maximum Gasteiger partial charge on any atom is 0.430 e. The van der Waals surface area contributed by atoms with Crippen LogP contribution >= 0.6 is 0 Å². The Bertz CT molecular complexity index is 475. The third-order valence-electron chi connectivity index (χ3n) is 2.47. The fraction of sp³-hybridized carbons (Fsp3) is 0.273. The van der Waals surface area contributed by atoms with Crippen LogP contribution in [0, 0.1) is 0 Å². The Morgan fingerprint density at radius 1 is 1.00 bits per heavy atom. The van der Waals surface area contributed by atoms with E-state index in [4.69, 9.17) is 5.11 Å². The van der Waals surface area contributed by atoms with Crippen molar-refractivity contribution in [2.45, 2.75) is 18.0 Å². The highest BCUT2D eigenvalue weighted by Gasteiger charge is 2.72. The molecule has 0 saturated heterocycles. The van der Waals surface area contributed by atoms with E-state index in [-0.39, 0.29) is 5.56 Å². The highest BCUT2D eigenvalue weighted by Crippen LogP contribution is 2.52. The third kappa shape index (κ3) is 2.40. The molecule has 0 amide bonds. The number of rotatable bonds is 2. The minimum atomic E-state index is -6.03. The van der Waals surface area contributed by atoms with Crippen LogP contribution in [0.4, 0.5) is 26.3 Å². The predicted octanol–water partition coefficient (Wildman–Crippen LogP) is 3.35. The molecular formula is C11H8F6O2. The number of halogens is 6. The molecule has 0 atom stereocenters. The second-order valence-corrected chi connectivity index (χ2v) is 3.69. The van der Waals surface area contributed by atoms with E-state index in [0.29, 0.717) is 12.1 Å². The summed E-state index contributed by atoms with van der Waals surface area (Å²) in [5, 5.41) is 18.3. The molecule has 0 aliphatic heterocycles. The van der Waals surface area contributed by atoms with Gasteiger partial charge in [-0.2, -0.15) is 26.3 Å². The van der Waals surface area contributed by atoms with E-state index in [0.717, 1.165) is 12.1 Å². The summed E-state index contributed by atoms with van der Waals surface area (Å²) >= 11 is 0. The van der Waals surface area contributed by atoms with Gasteiger partial charge in [-0.3, -0.25) is 0 Å². The van der Waals surface area contributed by atoms with E-state index in [9.17, 15) is 31.4 Å². The lowest BCUT2D eigenvalue weighted by Gasteiger charge is -2.33. The topological polar surface area (TPSA) is 40.5 Å². The second-order valence-electron chi connectivity index (χ2n) is 3.69. The molecule has 2 N–H and O–H groups in total. The van der Waals surface area contributed by atoms with E-state index in [1.54, 1.807) is 0 Å². The molecule has 0 spiro atoms. The Kier molecular flexibility index (Phi) is 3.59. The molecule has 0 unspecified atom stereocenters. The van der Waals surface area contributed by atoms with Gasteiger partial charge >= 0.3 is 12.4 Å². The van der Waals surface area contributed by atoms with Gasteiger partial charge in [-0.15, -0.1) is 0 Å². The molecular weight excluding hydrogens is 278 g/mol. The van der Waals surface area contributed by atoms with Gasteiger partial charge in [0.25, 0.3) is 5.60 Å². The molecule has 0 fully saturated rings. The van der Waals surface area contributed by atoms with Crippen molar-refractivity contribution in [3.05, 3.63) is 35.9 Å². The molecule has 0 aliphatic rings. The predicted molar refractivity (Wildman–Crippen MR) is 54.2 cm³/mol. The van der Waals surface area contributed by atoms with Gasteiger partial charge in [0.1, 0.15) is 5.75 Å². The van der Waals surface area contributed by atoms with Gasteiger partial charge in [0, 0.05) is 5.56 Å². The van der Waals surface area contributed by atoms with Crippen molar-refractivity contribution in [3.8, 4) is 5.75 Å². The molecule has 1 rings (SSSR count). The van der Waals surface area contributed by atoms with Crippen molar-refractivity contribution in [2.24, 2.45) is 0 Å². The van der Waals surface area contributed by atoms with Crippen LogP contribution in [0.15, 0.2) is 24.8 Å². The molecule has 0 radical (unpaired) electrons. The molecule has 0 bridgehead atoms. The van der Waals surface area contributed by atoms with Crippen molar-refractivity contribution in [1.82, 2.24) is 0 Å². The summed E-state index contributed by atoms with van der Waals surface area (Å²) < 4.78 is 75.3. The number of benzene rings is 1. The molecule has 1 aromatic rings. The highest BCUT2D eigenvalue weighted by molar-refractivity contribution is 5.53. The Hall–Kier alpha value is -1.70. The van der Waals surface area contributed by atoms with Gasteiger partial charge < -0.3 is 10.2 Å². The molecule has 2 nitrogen and oxygen atoms in total. The van der Waals surface area contributed by atoms with Crippen LogP contribution in [0.2, 0.25) is 0 Å². The average Bonchev–Trinajstić information content (AvgIpc) is 2.24. The smallest absolute Gasteiger partial charge is 0.430 e. The molecule has 0 aromatic heterocycles. The van der Waals surface area contributed by atoms with Gasteiger partial charge in [0.05, 0.1) is 0 Å². The quantitative estimate of drug-likeness (QED) is 0.818. The normalized spacial score (nSPS) is 13.4. The first-order valence-electron chi connectivity index (χ1n) is 4.77. The van der Waals surface area contributed by atoms with Crippen molar-refractivity contribution >= 4 is 6.08 Å². The fourth-order valence-corrected chi connectivity index (χ4v) is 1.45. The fourth-order valence-electron chi connectivity index (χ4n) is 1.45. The van der Waals surface area contributed by atoms with E-state index in [2.05, 4.69) is 6.58 Å². The summed E-state index contributed by atoms with van der Waals surface area (Å²) in [7, 11) is 0. The van der Waals surface area contributed by atoms with Crippen LogP contribution < -0.4 is 0 Å². The van der Waals surface area contributed by atoms with Crippen molar-refractivity contribution in [3.63, 3.8) is 0 Å². The summed E-state index contributed by atoms with van der Waals surface area (Å²) in [6.45, 7) is 3.24. The number of phenolic OH excluding ortho intramolecular Hbond substituents is 1.